The van der Waals surface area contributed by atoms with Gasteiger partial charge in [0.15, 0.2) is 5.13 Å². The number of benzene rings is 2. The molecule has 0 bridgehead atoms. The molecule has 1 aromatic heterocycles. The van der Waals surface area contributed by atoms with Crippen LogP contribution in [0.1, 0.15) is 0 Å². The topological polar surface area (TPSA) is 48.9 Å². The minimum Gasteiger partial charge on any atom is -0.495 e. The number of anilines is 2. The van der Waals surface area contributed by atoms with Gasteiger partial charge in [0.2, 0.25) is 5.91 Å². The largest absolute Gasteiger partial charge is 0.495 e. The number of nitrogens with zero attached hydrogens (tertiary/aromatic N) is 4. The van der Waals surface area contributed by atoms with Crippen molar-refractivity contribution in [2.24, 2.45) is 5.92 Å². The second-order valence-electron chi connectivity index (χ2n) is 7.55. The summed E-state index contributed by atoms with van der Waals surface area (Å²) >= 11 is 1.70. The normalized spacial score (nSPS) is 17.5. The maximum atomic E-state index is 12.9. The van der Waals surface area contributed by atoms with E-state index in [1.807, 2.05) is 41.3 Å². The summed E-state index contributed by atoms with van der Waals surface area (Å²) in [6, 6.07) is 16.3. The Kier molecular flexibility index (Phi) is 4.75. The van der Waals surface area contributed by atoms with Gasteiger partial charge in [-0.1, -0.05) is 35.6 Å². The van der Waals surface area contributed by atoms with Crippen LogP contribution >= 0.6 is 11.3 Å². The highest BCUT2D eigenvalue weighted by molar-refractivity contribution is 7.22. The number of amides is 1. The third kappa shape index (κ3) is 3.40. The highest BCUT2D eigenvalue weighted by atomic mass is 32.1. The molecule has 0 aliphatic carbocycles. The molecule has 2 aliphatic heterocycles. The Morgan fingerprint density at radius 2 is 1.72 bits per heavy atom. The van der Waals surface area contributed by atoms with Crippen molar-refractivity contribution in [1.29, 1.82) is 0 Å². The predicted molar refractivity (Wildman–Crippen MR) is 117 cm³/mol. The number of aromatic nitrogens is 1. The van der Waals surface area contributed by atoms with E-state index in [9.17, 15) is 4.79 Å². The number of ether oxygens (including phenoxy) is 1. The van der Waals surface area contributed by atoms with Crippen LogP contribution in [0, 0.1) is 5.92 Å². The zero-order valence-corrected chi connectivity index (χ0v) is 17.3. The number of piperazine rings is 1. The van der Waals surface area contributed by atoms with Crippen LogP contribution in [-0.4, -0.2) is 62.2 Å². The third-order valence-corrected chi connectivity index (χ3v) is 6.90. The number of thiazole rings is 1. The van der Waals surface area contributed by atoms with E-state index in [1.165, 1.54) is 4.70 Å². The van der Waals surface area contributed by atoms with Crippen molar-refractivity contribution in [3.05, 3.63) is 48.5 Å². The maximum Gasteiger partial charge on any atom is 0.229 e. The molecular weight excluding hydrogens is 384 g/mol. The molecule has 29 heavy (non-hydrogen) atoms. The number of hydrogen-bond donors (Lipinski definition) is 0. The lowest BCUT2D eigenvalue weighted by molar-refractivity contribution is -0.136. The Morgan fingerprint density at radius 1 is 1.00 bits per heavy atom. The molecule has 150 valence electrons. The van der Waals surface area contributed by atoms with Crippen molar-refractivity contribution in [3.8, 4) is 5.75 Å². The molecule has 7 heteroatoms. The summed E-state index contributed by atoms with van der Waals surface area (Å²) < 4.78 is 6.68. The molecule has 3 aromatic rings. The van der Waals surface area contributed by atoms with Crippen LogP contribution in [0.15, 0.2) is 48.5 Å². The van der Waals surface area contributed by atoms with E-state index in [1.54, 1.807) is 18.4 Å². The van der Waals surface area contributed by atoms with Crippen LogP contribution in [-0.2, 0) is 4.79 Å². The molecule has 5 rings (SSSR count). The third-order valence-electron chi connectivity index (χ3n) is 5.80. The molecule has 0 N–H and O–H groups in total. The Bertz CT molecular complexity index is 989. The van der Waals surface area contributed by atoms with Crippen molar-refractivity contribution >= 4 is 38.3 Å². The molecule has 6 nitrogen and oxygen atoms in total. The summed E-state index contributed by atoms with van der Waals surface area (Å²) in [7, 11) is 1.70. The summed E-state index contributed by atoms with van der Waals surface area (Å²) in [5.41, 5.74) is 2.14. The summed E-state index contributed by atoms with van der Waals surface area (Å²) in [4.78, 5) is 24.2. The maximum absolute atomic E-state index is 12.9. The summed E-state index contributed by atoms with van der Waals surface area (Å²) in [5.74, 6) is 1.25. The highest BCUT2D eigenvalue weighted by Gasteiger charge is 2.37. The van der Waals surface area contributed by atoms with E-state index in [0.29, 0.717) is 0 Å². The van der Waals surface area contributed by atoms with Gasteiger partial charge in [0, 0.05) is 39.3 Å². The number of rotatable bonds is 4. The number of hydrogen-bond acceptors (Lipinski definition) is 6. The van der Waals surface area contributed by atoms with E-state index in [0.717, 1.165) is 61.4 Å². The SMILES string of the molecule is COc1ccccc1N1CCN(C(=O)C2CN(c3nc4ccccc4s3)C2)CC1. The first-order chi connectivity index (χ1) is 14.2. The number of methoxy groups -OCH3 is 1. The Balaban J connectivity index is 1.17. The molecule has 0 spiro atoms. The average molecular weight is 409 g/mol. The van der Waals surface area contributed by atoms with Gasteiger partial charge in [0.05, 0.1) is 28.9 Å². The number of para-hydroxylation sites is 3. The summed E-state index contributed by atoms with van der Waals surface area (Å²) in [6.07, 6.45) is 0. The van der Waals surface area contributed by atoms with Gasteiger partial charge in [0.1, 0.15) is 5.75 Å². The van der Waals surface area contributed by atoms with E-state index < -0.39 is 0 Å². The van der Waals surface area contributed by atoms with Crippen LogP contribution < -0.4 is 14.5 Å². The molecule has 1 amide bonds. The molecule has 0 saturated carbocycles. The first kappa shape index (κ1) is 18.2. The summed E-state index contributed by atoms with van der Waals surface area (Å²) in [6.45, 7) is 4.72. The number of carbonyl (C=O) groups is 1. The lowest BCUT2D eigenvalue weighted by Gasteiger charge is -2.43. The van der Waals surface area contributed by atoms with Gasteiger partial charge in [-0.3, -0.25) is 4.79 Å². The van der Waals surface area contributed by atoms with E-state index in [-0.39, 0.29) is 11.8 Å². The zero-order chi connectivity index (χ0) is 19.8. The first-order valence-electron chi connectivity index (χ1n) is 10.0. The smallest absolute Gasteiger partial charge is 0.229 e. The van der Waals surface area contributed by atoms with Crippen LogP contribution in [0.5, 0.6) is 5.75 Å². The minimum atomic E-state index is 0.0832. The Morgan fingerprint density at radius 3 is 2.48 bits per heavy atom. The van der Waals surface area contributed by atoms with Crippen molar-refractivity contribution in [2.75, 3.05) is 56.2 Å². The second kappa shape index (κ2) is 7.55. The van der Waals surface area contributed by atoms with Crippen LogP contribution in [0.4, 0.5) is 10.8 Å². The Hall–Kier alpha value is -2.80. The second-order valence-corrected chi connectivity index (χ2v) is 8.56. The molecule has 0 unspecified atom stereocenters. The number of carbonyl (C=O) groups excluding carboxylic acids is 1. The average Bonchev–Trinajstić information content (AvgIpc) is 3.16. The fraction of sp³-hybridized carbons (Fsp3) is 0.364. The lowest BCUT2D eigenvalue weighted by atomic mass is 9.99. The molecule has 2 saturated heterocycles. The highest BCUT2D eigenvalue weighted by Crippen LogP contribution is 2.34. The van der Waals surface area contributed by atoms with Gasteiger partial charge in [-0.15, -0.1) is 0 Å². The monoisotopic (exact) mass is 408 g/mol. The fourth-order valence-corrected chi connectivity index (χ4v) is 5.09. The fourth-order valence-electron chi connectivity index (χ4n) is 4.10. The van der Waals surface area contributed by atoms with E-state index >= 15 is 0 Å². The molecule has 2 aliphatic rings. The van der Waals surface area contributed by atoms with Gasteiger partial charge in [-0.25, -0.2) is 4.98 Å². The zero-order valence-electron chi connectivity index (χ0n) is 16.5. The van der Waals surface area contributed by atoms with Crippen LogP contribution in [0.25, 0.3) is 10.2 Å². The molecule has 0 atom stereocenters. The van der Waals surface area contributed by atoms with Gasteiger partial charge in [-0.2, -0.15) is 0 Å². The molecule has 3 heterocycles. The van der Waals surface area contributed by atoms with Crippen molar-refractivity contribution in [1.82, 2.24) is 9.88 Å². The predicted octanol–water partition coefficient (Wildman–Crippen LogP) is 3.09. The standard InChI is InChI=1S/C22H24N4O2S/c1-28-19-8-4-3-7-18(19)24-10-12-25(13-11-24)21(27)16-14-26(15-16)22-23-17-6-2-5-9-20(17)29-22/h2-9,16H,10-15H2,1H3. The summed E-state index contributed by atoms with van der Waals surface area (Å²) in [5, 5.41) is 1.02. The lowest BCUT2D eigenvalue weighted by Crippen LogP contribution is -2.58. The van der Waals surface area contributed by atoms with Gasteiger partial charge in [-0.05, 0) is 24.3 Å². The number of fused-ring (bicyclic) bond motifs is 1. The quantitative estimate of drug-likeness (QED) is 0.664. The van der Waals surface area contributed by atoms with Crippen molar-refractivity contribution < 1.29 is 9.53 Å². The molecule has 2 fully saturated rings. The molecule has 2 aromatic carbocycles. The van der Waals surface area contributed by atoms with Crippen LogP contribution in [0.3, 0.4) is 0 Å². The molecular formula is C22H24N4O2S. The van der Waals surface area contributed by atoms with Gasteiger partial charge >= 0.3 is 0 Å². The van der Waals surface area contributed by atoms with E-state index in [2.05, 4.69) is 21.9 Å². The van der Waals surface area contributed by atoms with Gasteiger partial charge in [0.25, 0.3) is 0 Å². The van der Waals surface area contributed by atoms with E-state index in [4.69, 9.17) is 9.72 Å². The van der Waals surface area contributed by atoms with Crippen molar-refractivity contribution in [2.45, 2.75) is 0 Å². The Labute approximate surface area is 174 Å². The first-order valence-corrected chi connectivity index (χ1v) is 10.8. The van der Waals surface area contributed by atoms with Gasteiger partial charge < -0.3 is 19.4 Å². The minimum absolute atomic E-state index is 0.0832. The van der Waals surface area contributed by atoms with Crippen LogP contribution in [0.2, 0.25) is 0 Å². The molecule has 0 radical (unpaired) electrons. The van der Waals surface area contributed by atoms with Crippen molar-refractivity contribution in [3.63, 3.8) is 0 Å².